The average Bonchev–Trinajstić information content (AvgIpc) is 2.72. The summed E-state index contributed by atoms with van der Waals surface area (Å²) in [7, 11) is 3.25. The molecule has 1 aromatic carbocycles. The smallest absolute Gasteiger partial charge is 0.351 e. The SMILES string of the molecule is CCCNc1nn(C)c(=O)n1-c1ccc(OC)cc1. The van der Waals surface area contributed by atoms with Crippen molar-refractivity contribution in [3.8, 4) is 11.4 Å². The zero-order valence-electron chi connectivity index (χ0n) is 11.4. The van der Waals surface area contributed by atoms with Crippen LogP contribution in [0.15, 0.2) is 29.1 Å². The summed E-state index contributed by atoms with van der Waals surface area (Å²) in [6, 6.07) is 7.30. The zero-order valence-corrected chi connectivity index (χ0v) is 11.4. The van der Waals surface area contributed by atoms with Gasteiger partial charge in [0.25, 0.3) is 0 Å². The number of benzene rings is 1. The third kappa shape index (κ3) is 2.62. The summed E-state index contributed by atoms with van der Waals surface area (Å²) < 4.78 is 7.98. The zero-order chi connectivity index (χ0) is 13.8. The standard InChI is InChI=1S/C13H18N4O2/c1-4-9-14-12-15-16(2)13(18)17(12)10-5-7-11(19-3)8-6-10/h5-8H,4,9H2,1-3H3,(H,14,15). The minimum absolute atomic E-state index is 0.177. The molecule has 0 radical (unpaired) electrons. The molecule has 0 aliphatic rings. The maximum atomic E-state index is 12.1. The van der Waals surface area contributed by atoms with Gasteiger partial charge in [0.15, 0.2) is 0 Å². The predicted octanol–water partition coefficient (Wildman–Crippen LogP) is 1.40. The van der Waals surface area contributed by atoms with Crippen LogP contribution in [0.25, 0.3) is 5.69 Å². The third-order valence-corrected chi connectivity index (χ3v) is 2.79. The first-order valence-electron chi connectivity index (χ1n) is 6.21. The molecule has 0 bridgehead atoms. The Kier molecular flexibility index (Phi) is 3.89. The molecule has 19 heavy (non-hydrogen) atoms. The molecule has 0 saturated carbocycles. The molecule has 0 saturated heterocycles. The number of aryl methyl sites for hydroxylation is 1. The van der Waals surface area contributed by atoms with Gasteiger partial charge >= 0.3 is 5.69 Å². The highest BCUT2D eigenvalue weighted by molar-refractivity contribution is 5.43. The van der Waals surface area contributed by atoms with E-state index < -0.39 is 0 Å². The van der Waals surface area contributed by atoms with Gasteiger partial charge in [-0.05, 0) is 30.7 Å². The van der Waals surface area contributed by atoms with E-state index >= 15 is 0 Å². The molecular weight excluding hydrogens is 244 g/mol. The number of methoxy groups -OCH3 is 1. The molecule has 102 valence electrons. The van der Waals surface area contributed by atoms with E-state index in [9.17, 15) is 4.79 Å². The molecule has 2 rings (SSSR count). The maximum absolute atomic E-state index is 12.1. The van der Waals surface area contributed by atoms with Gasteiger partial charge in [0.05, 0.1) is 12.8 Å². The van der Waals surface area contributed by atoms with E-state index in [1.807, 2.05) is 24.3 Å². The molecule has 0 aliphatic carbocycles. The first-order chi connectivity index (χ1) is 9.17. The van der Waals surface area contributed by atoms with Gasteiger partial charge in [-0.1, -0.05) is 6.92 Å². The Hall–Kier alpha value is -2.24. The van der Waals surface area contributed by atoms with E-state index in [1.165, 1.54) is 4.68 Å². The number of hydrogen-bond donors (Lipinski definition) is 1. The first kappa shape index (κ1) is 13.2. The summed E-state index contributed by atoms with van der Waals surface area (Å²) in [5.74, 6) is 1.31. The van der Waals surface area contributed by atoms with Crippen molar-refractivity contribution < 1.29 is 4.74 Å². The quantitative estimate of drug-likeness (QED) is 0.885. The highest BCUT2D eigenvalue weighted by Crippen LogP contribution is 2.16. The molecular formula is C13H18N4O2. The van der Waals surface area contributed by atoms with E-state index in [2.05, 4.69) is 17.3 Å². The molecule has 1 heterocycles. The van der Waals surface area contributed by atoms with E-state index in [0.29, 0.717) is 5.95 Å². The van der Waals surface area contributed by atoms with Crippen LogP contribution in [0.2, 0.25) is 0 Å². The van der Waals surface area contributed by atoms with Gasteiger partial charge in [-0.3, -0.25) is 0 Å². The number of rotatable bonds is 5. The van der Waals surface area contributed by atoms with Crippen LogP contribution in [-0.4, -0.2) is 28.0 Å². The molecule has 0 fully saturated rings. The van der Waals surface area contributed by atoms with Gasteiger partial charge in [0, 0.05) is 13.6 Å². The fraction of sp³-hybridized carbons (Fsp3) is 0.385. The van der Waals surface area contributed by atoms with Crippen LogP contribution >= 0.6 is 0 Å². The summed E-state index contributed by atoms with van der Waals surface area (Å²) in [5.41, 5.74) is 0.585. The van der Waals surface area contributed by atoms with Crippen molar-refractivity contribution in [2.75, 3.05) is 19.0 Å². The molecule has 0 aliphatic heterocycles. The summed E-state index contributed by atoms with van der Waals surface area (Å²) in [4.78, 5) is 12.1. The molecule has 0 atom stereocenters. The van der Waals surface area contributed by atoms with E-state index in [1.54, 1.807) is 18.7 Å². The number of ether oxygens (including phenoxy) is 1. The van der Waals surface area contributed by atoms with E-state index in [4.69, 9.17) is 4.74 Å². The van der Waals surface area contributed by atoms with Crippen LogP contribution in [0, 0.1) is 0 Å². The van der Waals surface area contributed by atoms with Gasteiger partial charge in [-0.15, -0.1) is 5.10 Å². The number of nitrogens with zero attached hydrogens (tertiary/aromatic N) is 3. The van der Waals surface area contributed by atoms with E-state index in [0.717, 1.165) is 24.4 Å². The molecule has 6 nitrogen and oxygen atoms in total. The van der Waals surface area contributed by atoms with Gasteiger partial charge in [-0.25, -0.2) is 14.0 Å². The van der Waals surface area contributed by atoms with Crippen LogP contribution in [0.3, 0.4) is 0 Å². The normalized spacial score (nSPS) is 10.5. The van der Waals surface area contributed by atoms with Gasteiger partial charge in [0.2, 0.25) is 5.95 Å². The van der Waals surface area contributed by atoms with Crippen molar-refractivity contribution in [3.63, 3.8) is 0 Å². The first-order valence-corrected chi connectivity index (χ1v) is 6.21. The van der Waals surface area contributed by atoms with Crippen LogP contribution in [0.4, 0.5) is 5.95 Å². The van der Waals surface area contributed by atoms with Gasteiger partial charge < -0.3 is 10.1 Å². The van der Waals surface area contributed by atoms with Crippen molar-refractivity contribution in [1.29, 1.82) is 0 Å². The summed E-state index contributed by atoms with van der Waals surface area (Å²) in [6.45, 7) is 2.83. The number of anilines is 1. The Morgan fingerprint density at radius 2 is 2.00 bits per heavy atom. The second-order valence-corrected chi connectivity index (χ2v) is 4.19. The number of hydrogen-bond acceptors (Lipinski definition) is 4. The lowest BCUT2D eigenvalue weighted by Gasteiger charge is -2.07. The van der Waals surface area contributed by atoms with Crippen molar-refractivity contribution >= 4 is 5.95 Å². The lowest BCUT2D eigenvalue weighted by atomic mass is 10.3. The van der Waals surface area contributed by atoms with Crippen LogP contribution in [0.1, 0.15) is 13.3 Å². The van der Waals surface area contributed by atoms with Gasteiger partial charge in [-0.2, -0.15) is 0 Å². The Morgan fingerprint density at radius 3 is 2.58 bits per heavy atom. The third-order valence-electron chi connectivity index (χ3n) is 2.79. The molecule has 0 amide bonds. The Balaban J connectivity index is 2.44. The lowest BCUT2D eigenvalue weighted by Crippen LogP contribution is -2.22. The molecule has 0 unspecified atom stereocenters. The van der Waals surface area contributed by atoms with Crippen molar-refractivity contribution in [2.45, 2.75) is 13.3 Å². The fourth-order valence-corrected chi connectivity index (χ4v) is 1.78. The molecule has 1 N–H and O–H groups in total. The molecule has 6 heteroatoms. The van der Waals surface area contributed by atoms with Gasteiger partial charge in [0.1, 0.15) is 5.75 Å². The Morgan fingerprint density at radius 1 is 1.32 bits per heavy atom. The van der Waals surface area contributed by atoms with E-state index in [-0.39, 0.29) is 5.69 Å². The highest BCUT2D eigenvalue weighted by Gasteiger charge is 2.12. The van der Waals surface area contributed by atoms with Crippen LogP contribution in [0.5, 0.6) is 5.75 Å². The molecule has 0 spiro atoms. The predicted molar refractivity (Wildman–Crippen MR) is 74.1 cm³/mol. The summed E-state index contributed by atoms with van der Waals surface area (Å²) in [6.07, 6.45) is 0.966. The maximum Gasteiger partial charge on any atom is 0.351 e. The Bertz CT molecular complexity index is 598. The minimum Gasteiger partial charge on any atom is -0.497 e. The summed E-state index contributed by atoms with van der Waals surface area (Å²) >= 11 is 0. The van der Waals surface area contributed by atoms with Crippen molar-refractivity contribution in [2.24, 2.45) is 7.05 Å². The minimum atomic E-state index is -0.177. The van der Waals surface area contributed by atoms with Crippen molar-refractivity contribution in [3.05, 3.63) is 34.7 Å². The van der Waals surface area contributed by atoms with Crippen LogP contribution < -0.4 is 15.7 Å². The molecule has 1 aromatic heterocycles. The van der Waals surface area contributed by atoms with Crippen molar-refractivity contribution in [1.82, 2.24) is 14.3 Å². The second-order valence-electron chi connectivity index (χ2n) is 4.19. The van der Waals surface area contributed by atoms with Crippen LogP contribution in [-0.2, 0) is 7.05 Å². The Labute approximate surface area is 111 Å². The highest BCUT2D eigenvalue weighted by atomic mass is 16.5. The topological polar surface area (TPSA) is 61.1 Å². The molecule has 2 aromatic rings. The second kappa shape index (κ2) is 5.60. The fourth-order valence-electron chi connectivity index (χ4n) is 1.78. The number of aromatic nitrogens is 3. The number of nitrogens with one attached hydrogen (secondary N) is 1. The lowest BCUT2D eigenvalue weighted by molar-refractivity contribution is 0.414. The summed E-state index contributed by atoms with van der Waals surface area (Å²) in [5, 5.41) is 7.34. The monoisotopic (exact) mass is 262 g/mol. The largest absolute Gasteiger partial charge is 0.497 e. The average molecular weight is 262 g/mol.